The Balaban J connectivity index is 2.80. The Bertz CT molecular complexity index is 277. The zero-order valence-corrected chi connectivity index (χ0v) is 7.82. The number of carbonyl (C=O) groups excluding carboxylic acids is 1. The van der Waals surface area contributed by atoms with Gasteiger partial charge in [0.2, 0.25) is 0 Å². The Labute approximate surface area is 78.2 Å². The number of ketones is 1. The molecule has 2 heteroatoms. The Kier molecular flexibility index (Phi) is 3.20. The fraction of sp³-hybridized carbons (Fsp3) is 0.273. The van der Waals surface area contributed by atoms with E-state index in [1.54, 1.807) is 38.1 Å². The minimum absolute atomic E-state index is 0.236. The summed E-state index contributed by atoms with van der Waals surface area (Å²) < 4.78 is 0. The van der Waals surface area contributed by atoms with Crippen LogP contribution < -0.4 is 0 Å². The molecular formula is C11H13O2. The molecule has 1 unspecified atom stereocenters. The maximum Gasteiger partial charge on any atom is 0.191 e. The van der Waals surface area contributed by atoms with Gasteiger partial charge in [0.05, 0.1) is 0 Å². The van der Waals surface area contributed by atoms with Crippen molar-refractivity contribution in [2.24, 2.45) is 0 Å². The third kappa shape index (κ3) is 2.39. The SMILES string of the molecule is C[C](C)C(O)C(=O)c1ccccc1. The first-order valence-electron chi connectivity index (χ1n) is 4.20. The van der Waals surface area contributed by atoms with Crippen LogP contribution in [-0.2, 0) is 0 Å². The number of carbonyl (C=O) groups is 1. The van der Waals surface area contributed by atoms with Crippen LogP contribution in [0.4, 0.5) is 0 Å². The Hall–Kier alpha value is -1.15. The maximum absolute atomic E-state index is 11.5. The molecule has 1 radical (unpaired) electrons. The monoisotopic (exact) mass is 177 g/mol. The van der Waals surface area contributed by atoms with Gasteiger partial charge in [-0.15, -0.1) is 0 Å². The van der Waals surface area contributed by atoms with Crippen LogP contribution in [0.25, 0.3) is 0 Å². The number of benzene rings is 1. The summed E-state index contributed by atoms with van der Waals surface area (Å²) in [6.45, 7) is 3.48. The van der Waals surface area contributed by atoms with E-state index in [2.05, 4.69) is 0 Å². The predicted octanol–water partition coefficient (Wildman–Crippen LogP) is 1.84. The average Bonchev–Trinajstić information content (AvgIpc) is 2.17. The van der Waals surface area contributed by atoms with E-state index in [0.717, 1.165) is 0 Å². The Morgan fingerprint density at radius 2 is 1.77 bits per heavy atom. The summed E-state index contributed by atoms with van der Waals surface area (Å²) in [7, 11) is 0. The van der Waals surface area contributed by atoms with Crippen molar-refractivity contribution in [1.29, 1.82) is 0 Å². The first-order valence-corrected chi connectivity index (χ1v) is 4.20. The Morgan fingerprint density at radius 1 is 1.23 bits per heavy atom. The molecular weight excluding hydrogens is 164 g/mol. The summed E-state index contributed by atoms with van der Waals surface area (Å²) in [6.07, 6.45) is -0.970. The quantitative estimate of drug-likeness (QED) is 0.715. The molecule has 0 saturated heterocycles. The van der Waals surface area contributed by atoms with Gasteiger partial charge < -0.3 is 5.11 Å². The molecule has 0 aromatic heterocycles. The molecule has 0 spiro atoms. The number of hydrogen-bond acceptors (Lipinski definition) is 2. The van der Waals surface area contributed by atoms with Gasteiger partial charge in [0.25, 0.3) is 0 Å². The first kappa shape index (κ1) is 9.93. The van der Waals surface area contributed by atoms with Crippen LogP contribution >= 0.6 is 0 Å². The van der Waals surface area contributed by atoms with Gasteiger partial charge in [-0.05, 0) is 0 Å². The molecule has 2 nitrogen and oxygen atoms in total. The van der Waals surface area contributed by atoms with E-state index in [1.165, 1.54) is 0 Å². The molecule has 1 atom stereocenters. The zero-order valence-electron chi connectivity index (χ0n) is 7.82. The van der Waals surface area contributed by atoms with Gasteiger partial charge in [0.1, 0.15) is 6.10 Å². The average molecular weight is 177 g/mol. The van der Waals surface area contributed by atoms with E-state index in [1.807, 2.05) is 6.07 Å². The normalized spacial score (nSPS) is 12.9. The molecule has 13 heavy (non-hydrogen) atoms. The summed E-state index contributed by atoms with van der Waals surface area (Å²) in [4.78, 5) is 11.5. The smallest absolute Gasteiger partial charge is 0.191 e. The van der Waals surface area contributed by atoms with Crippen molar-refractivity contribution in [1.82, 2.24) is 0 Å². The van der Waals surface area contributed by atoms with E-state index >= 15 is 0 Å². The van der Waals surface area contributed by atoms with Crippen LogP contribution in [0.15, 0.2) is 30.3 Å². The van der Waals surface area contributed by atoms with Crippen molar-refractivity contribution in [3.63, 3.8) is 0 Å². The molecule has 0 heterocycles. The van der Waals surface area contributed by atoms with Gasteiger partial charge in [0, 0.05) is 11.5 Å². The van der Waals surface area contributed by atoms with Gasteiger partial charge in [0.15, 0.2) is 5.78 Å². The van der Waals surface area contributed by atoms with Crippen molar-refractivity contribution < 1.29 is 9.90 Å². The molecule has 1 aromatic carbocycles. The number of hydrogen-bond donors (Lipinski definition) is 1. The van der Waals surface area contributed by atoms with E-state index in [-0.39, 0.29) is 5.78 Å². The molecule has 0 fully saturated rings. The summed E-state index contributed by atoms with van der Waals surface area (Å²) in [5.74, 6) is 0.481. The van der Waals surface area contributed by atoms with Crippen LogP contribution in [-0.4, -0.2) is 17.0 Å². The molecule has 1 rings (SSSR count). The van der Waals surface area contributed by atoms with Crippen LogP contribution in [0.3, 0.4) is 0 Å². The largest absolute Gasteiger partial charge is 0.384 e. The van der Waals surface area contributed by atoms with Gasteiger partial charge in [-0.25, -0.2) is 0 Å². The molecule has 0 aliphatic carbocycles. The molecule has 0 amide bonds. The lowest BCUT2D eigenvalue weighted by molar-refractivity contribution is 0.0774. The van der Waals surface area contributed by atoms with E-state index < -0.39 is 6.10 Å². The Morgan fingerprint density at radius 3 is 2.23 bits per heavy atom. The van der Waals surface area contributed by atoms with Gasteiger partial charge in [-0.3, -0.25) is 4.79 Å². The highest BCUT2D eigenvalue weighted by atomic mass is 16.3. The van der Waals surface area contributed by atoms with Crippen molar-refractivity contribution in [2.75, 3.05) is 0 Å². The minimum atomic E-state index is -0.970. The number of Topliss-reactive ketones (excluding diaryl/α,β-unsaturated/α-hetero) is 1. The predicted molar refractivity (Wildman–Crippen MR) is 51.4 cm³/mol. The third-order valence-corrected chi connectivity index (χ3v) is 1.85. The van der Waals surface area contributed by atoms with Gasteiger partial charge >= 0.3 is 0 Å². The second-order valence-electron chi connectivity index (χ2n) is 3.21. The summed E-state index contributed by atoms with van der Waals surface area (Å²) >= 11 is 0. The number of aliphatic hydroxyl groups excluding tert-OH is 1. The molecule has 1 N–H and O–H groups in total. The van der Waals surface area contributed by atoms with E-state index in [4.69, 9.17) is 0 Å². The lowest BCUT2D eigenvalue weighted by Gasteiger charge is -2.11. The molecule has 0 saturated carbocycles. The van der Waals surface area contributed by atoms with E-state index in [0.29, 0.717) is 11.5 Å². The van der Waals surface area contributed by atoms with Gasteiger partial charge in [-0.1, -0.05) is 44.2 Å². The minimum Gasteiger partial charge on any atom is -0.384 e. The van der Waals surface area contributed by atoms with Crippen molar-refractivity contribution in [3.05, 3.63) is 41.8 Å². The van der Waals surface area contributed by atoms with Gasteiger partial charge in [-0.2, -0.15) is 0 Å². The zero-order chi connectivity index (χ0) is 9.84. The first-order chi connectivity index (χ1) is 6.13. The topological polar surface area (TPSA) is 37.3 Å². The third-order valence-electron chi connectivity index (χ3n) is 1.85. The number of rotatable bonds is 3. The second kappa shape index (κ2) is 4.19. The second-order valence-corrected chi connectivity index (χ2v) is 3.21. The molecule has 0 aliphatic heterocycles. The maximum atomic E-state index is 11.5. The lowest BCUT2D eigenvalue weighted by Crippen LogP contribution is -2.24. The van der Waals surface area contributed by atoms with Crippen molar-refractivity contribution >= 4 is 5.78 Å². The van der Waals surface area contributed by atoms with Crippen LogP contribution in [0.2, 0.25) is 0 Å². The fourth-order valence-electron chi connectivity index (χ4n) is 1.02. The molecule has 0 bridgehead atoms. The summed E-state index contributed by atoms with van der Waals surface area (Å²) in [5.41, 5.74) is 0.552. The van der Waals surface area contributed by atoms with E-state index in [9.17, 15) is 9.90 Å². The highest BCUT2D eigenvalue weighted by molar-refractivity contribution is 6.00. The molecule has 0 aliphatic rings. The summed E-state index contributed by atoms with van der Waals surface area (Å²) in [6, 6.07) is 8.81. The van der Waals surface area contributed by atoms with Crippen LogP contribution in [0.1, 0.15) is 24.2 Å². The van der Waals surface area contributed by atoms with Crippen molar-refractivity contribution in [3.8, 4) is 0 Å². The summed E-state index contributed by atoms with van der Waals surface area (Å²) in [5, 5.41) is 9.46. The standard InChI is InChI=1S/C11H13O2/c1-8(2)10(12)11(13)9-6-4-3-5-7-9/h3-7,10,12H,1-2H3. The highest BCUT2D eigenvalue weighted by Crippen LogP contribution is 2.11. The highest BCUT2D eigenvalue weighted by Gasteiger charge is 2.20. The lowest BCUT2D eigenvalue weighted by atomic mass is 9.98. The molecule has 69 valence electrons. The fourth-order valence-corrected chi connectivity index (χ4v) is 1.02. The van der Waals surface area contributed by atoms with Crippen LogP contribution in [0.5, 0.6) is 0 Å². The molecule has 1 aromatic rings. The van der Waals surface area contributed by atoms with Crippen molar-refractivity contribution in [2.45, 2.75) is 20.0 Å². The van der Waals surface area contributed by atoms with Crippen LogP contribution in [0, 0.1) is 5.92 Å². The number of aliphatic hydroxyl groups is 1.